The number of carbonyl (C=O) groups excluding carboxylic acids is 2. The highest BCUT2D eigenvalue weighted by Crippen LogP contribution is 2.49. The second-order valence-corrected chi connectivity index (χ2v) is 8.72. The maximum absolute atomic E-state index is 13.3. The van der Waals surface area contributed by atoms with E-state index in [1.54, 1.807) is 31.3 Å². The number of pyridine rings is 2. The highest BCUT2D eigenvalue weighted by Gasteiger charge is 2.42. The second-order valence-electron chi connectivity index (χ2n) is 7.28. The molecular weight excluding hydrogens is 460 g/mol. The minimum absolute atomic E-state index is 0.378. The molecule has 0 aliphatic carbocycles. The summed E-state index contributed by atoms with van der Waals surface area (Å²) in [6.07, 6.45) is 4.70. The number of amides is 2. The first-order chi connectivity index (χ1) is 16.0. The van der Waals surface area contributed by atoms with E-state index in [4.69, 9.17) is 11.6 Å². The summed E-state index contributed by atoms with van der Waals surface area (Å²) in [5.41, 5.74) is 7.86. The fourth-order valence-corrected chi connectivity index (χ4v) is 5.11. The number of fused-ring (bicyclic) bond motifs is 3. The van der Waals surface area contributed by atoms with E-state index in [0.717, 1.165) is 15.8 Å². The topological polar surface area (TPSA) is 99.6 Å². The van der Waals surface area contributed by atoms with Gasteiger partial charge in [-0.1, -0.05) is 17.7 Å². The fourth-order valence-electron chi connectivity index (χ4n) is 3.74. The van der Waals surface area contributed by atoms with Crippen molar-refractivity contribution in [3.05, 3.63) is 94.7 Å². The molecule has 0 bridgehead atoms. The van der Waals surface area contributed by atoms with E-state index in [-0.39, 0.29) is 0 Å². The number of anilines is 1. The Morgan fingerprint density at radius 2 is 1.82 bits per heavy atom. The van der Waals surface area contributed by atoms with Gasteiger partial charge in [0.05, 0.1) is 22.7 Å². The Morgan fingerprint density at radius 3 is 2.58 bits per heavy atom. The van der Waals surface area contributed by atoms with Crippen LogP contribution in [-0.4, -0.2) is 26.9 Å². The van der Waals surface area contributed by atoms with Gasteiger partial charge < -0.3 is 4.90 Å². The quantitative estimate of drug-likeness (QED) is 0.556. The molecule has 1 atom stereocenters. The summed E-state index contributed by atoms with van der Waals surface area (Å²) in [5, 5.41) is 1.36. The molecule has 2 aliphatic heterocycles. The zero-order valence-electron chi connectivity index (χ0n) is 17.3. The molecule has 3 aromatic rings. The van der Waals surface area contributed by atoms with Crippen molar-refractivity contribution in [2.45, 2.75) is 17.9 Å². The van der Waals surface area contributed by atoms with Gasteiger partial charge in [-0.2, -0.15) is 0 Å². The Bertz CT molecular complexity index is 1310. The number of hydrogen-bond acceptors (Lipinski definition) is 7. The van der Waals surface area contributed by atoms with E-state index in [1.807, 2.05) is 35.2 Å². The molecule has 1 aromatic carbocycles. The lowest BCUT2D eigenvalue weighted by Gasteiger charge is -2.34. The lowest BCUT2D eigenvalue weighted by atomic mass is 9.97. The van der Waals surface area contributed by atoms with E-state index in [0.29, 0.717) is 27.6 Å². The normalized spacial score (nSPS) is 16.6. The molecule has 1 unspecified atom stereocenters. The van der Waals surface area contributed by atoms with Gasteiger partial charge in [-0.25, -0.2) is 4.99 Å². The summed E-state index contributed by atoms with van der Waals surface area (Å²) in [5.74, 6) is -0.920. The van der Waals surface area contributed by atoms with Crippen LogP contribution in [0.25, 0.3) is 0 Å². The molecular formula is C23H17ClN6O2S. The number of hydrogen-bond donors (Lipinski definition) is 2. The van der Waals surface area contributed by atoms with Crippen LogP contribution in [0.1, 0.15) is 29.0 Å². The van der Waals surface area contributed by atoms with Crippen molar-refractivity contribution in [2.24, 2.45) is 4.99 Å². The molecule has 164 valence electrons. The molecule has 33 heavy (non-hydrogen) atoms. The van der Waals surface area contributed by atoms with Gasteiger partial charge in [0.25, 0.3) is 11.8 Å². The first-order valence-corrected chi connectivity index (χ1v) is 11.2. The van der Waals surface area contributed by atoms with Crippen molar-refractivity contribution in [2.75, 3.05) is 4.90 Å². The standard InChI is InChI=1S/C23H17ClN6O2S/c1-13-19(22(32)29-28-21(31)14-7-10-25-11-8-14)20(16-4-2-3-9-26-16)30-17-6-5-15(24)12-18(17)33-23(30)27-13/h2-12,20H,1H3,(H,28,31)(H,29,32). The van der Waals surface area contributed by atoms with Crippen LogP contribution < -0.4 is 15.8 Å². The number of rotatable bonds is 3. The van der Waals surface area contributed by atoms with Crippen molar-refractivity contribution in [1.82, 2.24) is 20.8 Å². The molecule has 4 heterocycles. The van der Waals surface area contributed by atoms with E-state index in [2.05, 4.69) is 25.8 Å². The zero-order chi connectivity index (χ0) is 22.9. The highest BCUT2D eigenvalue weighted by atomic mass is 35.5. The summed E-state index contributed by atoms with van der Waals surface area (Å²) in [6, 6.07) is 13.7. The molecule has 0 radical (unpaired) electrons. The molecule has 2 aliphatic rings. The lowest BCUT2D eigenvalue weighted by Crippen LogP contribution is -2.46. The Labute approximate surface area is 198 Å². The lowest BCUT2D eigenvalue weighted by molar-refractivity contribution is -0.118. The average Bonchev–Trinajstić information content (AvgIpc) is 3.19. The first kappa shape index (κ1) is 21.2. The third kappa shape index (κ3) is 3.96. The number of aromatic nitrogens is 2. The summed E-state index contributed by atoms with van der Waals surface area (Å²) in [6.45, 7) is 1.77. The Kier molecular flexibility index (Phi) is 5.57. The van der Waals surface area contributed by atoms with Gasteiger partial charge in [0.2, 0.25) is 0 Å². The van der Waals surface area contributed by atoms with E-state index in [1.165, 1.54) is 24.2 Å². The predicted octanol–water partition coefficient (Wildman–Crippen LogP) is 3.89. The minimum Gasteiger partial charge on any atom is -0.306 e. The number of nitrogens with zero attached hydrogens (tertiary/aromatic N) is 4. The van der Waals surface area contributed by atoms with E-state index < -0.39 is 17.9 Å². The molecule has 0 spiro atoms. The van der Waals surface area contributed by atoms with Crippen molar-refractivity contribution in [3.8, 4) is 0 Å². The maximum Gasteiger partial charge on any atom is 0.269 e. The monoisotopic (exact) mass is 476 g/mol. The number of thioether (sulfide) groups is 1. The zero-order valence-corrected chi connectivity index (χ0v) is 18.9. The van der Waals surface area contributed by atoms with Crippen molar-refractivity contribution in [3.63, 3.8) is 0 Å². The van der Waals surface area contributed by atoms with Gasteiger partial charge in [-0.3, -0.25) is 30.4 Å². The molecule has 2 amide bonds. The van der Waals surface area contributed by atoms with Gasteiger partial charge in [0, 0.05) is 34.1 Å². The average molecular weight is 477 g/mol. The highest BCUT2D eigenvalue weighted by molar-refractivity contribution is 8.14. The van der Waals surface area contributed by atoms with E-state index >= 15 is 0 Å². The van der Waals surface area contributed by atoms with Gasteiger partial charge in [-0.05, 0) is 61.2 Å². The number of amidine groups is 1. The SMILES string of the molecule is CC1=C(C(=O)NNC(=O)c2ccncc2)C(c2ccccn2)N2C(=N1)Sc1cc(Cl)ccc12. The second kappa shape index (κ2) is 8.68. The van der Waals surface area contributed by atoms with Crippen LogP contribution in [0.4, 0.5) is 5.69 Å². The molecule has 0 saturated heterocycles. The Morgan fingerprint density at radius 1 is 1.03 bits per heavy atom. The van der Waals surface area contributed by atoms with Gasteiger partial charge in [-0.15, -0.1) is 0 Å². The maximum atomic E-state index is 13.3. The molecule has 5 rings (SSSR count). The van der Waals surface area contributed by atoms with Crippen LogP contribution in [0.5, 0.6) is 0 Å². The van der Waals surface area contributed by atoms with Gasteiger partial charge in [0.15, 0.2) is 5.17 Å². The number of benzene rings is 1. The van der Waals surface area contributed by atoms with Gasteiger partial charge >= 0.3 is 0 Å². The van der Waals surface area contributed by atoms with Crippen molar-refractivity contribution >= 4 is 46.0 Å². The number of halogens is 1. The molecule has 8 nitrogen and oxygen atoms in total. The van der Waals surface area contributed by atoms with Crippen LogP contribution in [0, 0.1) is 0 Å². The fraction of sp³-hybridized carbons (Fsp3) is 0.0870. The third-order valence-electron chi connectivity index (χ3n) is 5.22. The van der Waals surface area contributed by atoms with Crippen LogP contribution in [0.3, 0.4) is 0 Å². The van der Waals surface area contributed by atoms with Crippen molar-refractivity contribution in [1.29, 1.82) is 0 Å². The van der Waals surface area contributed by atoms with Crippen LogP contribution >= 0.6 is 23.4 Å². The first-order valence-electron chi connectivity index (χ1n) is 10.0. The molecule has 2 N–H and O–H groups in total. The van der Waals surface area contributed by atoms with Crippen LogP contribution in [-0.2, 0) is 4.79 Å². The molecule has 2 aromatic heterocycles. The Hall–Kier alpha value is -3.69. The van der Waals surface area contributed by atoms with Gasteiger partial charge in [0.1, 0.15) is 6.04 Å². The number of nitrogens with one attached hydrogen (secondary N) is 2. The number of hydrazine groups is 1. The minimum atomic E-state index is -0.536. The van der Waals surface area contributed by atoms with Crippen LogP contribution in [0.2, 0.25) is 5.02 Å². The summed E-state index contributed by atoms with van der Waals surface area (Å²) >= 11 is 7.69. The molecule has 10 heteroatoms. The summed E-state index contributed by atoms with van der Waals surface area (Å²) < 4.78 is 0. The number of aliphatic imine (C=N–C) groups is 1. The number of allylic oxidation sites excluding steroid dienone is 1. The Balaban J connectivity index is 1.50. The summed E-state index contributed by atoms with van der Waals surface area (Å²) in [7, 11) is 0. The van der Waals surface area contributed by atoms with Crippen LogP contribution in [0.15, 0.2) is 88.3 Å². The predicted molar refractivity (Wildman–Crippen MR) is 127 cm³/mol. The van der Waals surface area contributed by atoms with Crippen molar-refractivity contribution < 1.29 is 9.59 Å². The third-order valence-corrected chi connectivity index (χ3v) is 6.47. The summed E-state index contributed by atoms with van der Waals surface area (Å²) in [4.78, 5) is 41.8. The van der Waals surface area contributed by atoms with E-state index in [9.17, 15) is 9.59 Å². The number of carbonyl (C=O) groups is 2. The molecule has 0 saturated carbocycles. The molecule has 0 fully saturated rings. The largest absolute Gasteiger partial charge is 0.306 e. The smallest absolute Gasteiger partial charge is 0.269 e.